The summed E-state index contributed by atoms with van der Waals surface area (Å²) in [5.74, 6) is 0.936. The Morgan fingerprint density at radius 1 is 1.09 bits per heavy atom. The van der Waals surface area contributed by atoms with E-state index >= 15 is 0 Å². The van der Waals surface area contributed by atoms with E-state index < -0.39 is 0 Å². The van der Waals surface area contributed by atoms with Gasteiger partial charge in [-0.3, -0.25) is 0 Å². The predicted octanol–water partition coefficient (Wildman–Crippen LogP) is 2.06. The van der Waals surface area contributed by atoms with Gasteiger partial charge >= 0.3 is 0 Å². The van der Waals surface area contributed by atoms with Crippen LogP contribution in [0.15, 0.2) is 24.3 Å². The molecule has 0 unspecified atom stereocenters. The smallest absolute Gasteiger partial charge is 0.118 e. The van der Waals surface area contributed by atoms with Crippen LogP contribution in [0.25, 0.3) is 0 Å². The van der Waals surface area contributed by atoms with E-state index in [0.29, 0.717) is 0 Å². The van der Waals surface area contributed by atoms with Crippen LogP contribution in [0.4, 0.5) is 0 Å². The molecule has 2 heteroatoms. The Balaban J connectivity index is 2.83. The largest absolute Gasteiger partial charge is 0.497 e. The highest BCUT2D eigenvalue weighted by Gasteiger charge is 1.96. The van der Waals surface area contributed by atoms with E-state index in [1.54, 1.807) is 7.11 Å². The van der Waals surface area contributed by atoms with Gasteiger partial charge in [0, 0.05) is 0 Å². The van der Waals surface area contributed by atoms with Gasteiger partial charge in [0.2, 0.25) is 0 Å². The minimum absolute atomic E-state index is 0.0315. The standard InChI is InChI=1S/C9H13OP/c1-10-8-4-6-9(7-5-8)11(2)3/h4-7H,1-3H3. The Hall–Kier alpha value is -0.550. The van der Waals surface area contributed by atoms with Gasteiger partial charge in [-0.25, -0.2) is 0 Å². The maximum Gasteiger partial charge on any atom is 0.118 e. The zero-order valence-electron chi connectivity index (χ0n) is 7.16. The van der Waals surface area contributed by atoms with E-state index in [4.69, 9.17) is 4.74 Å². The second-order valence-electron chi connectivity index (χ2n) is 2.59. The maximum absolute atomic E-state index is 5.06. The van der Waals surface area contributed by atoms with Crippen LogP contribution in [0.1, 0.15) is 0 Å². The molecule has 0 spiro atoms. The molecule has 1 aromatic carbocycles. The van der Waals surface area contributed by atoms with E-state index in [1.807, 2.05) is 12.1 Å². The first-order valence-electron chi connectivity index (χ1n) is 3.55. The van der Waals surface area contributed by atoms with Crippen molar-refractivity contribution in [3.8, 4) is 5.75 Å². The van der Waals surface area contributed by atoms with Crippen molar-refractivity contribution in [3.63, 3.8) is 0 Å². The van der Waals surface area contributed by atoms with Crippen LogP contribution in [0.3, 0.4) is 0 Å². The summed E-state index contributed by atoms with van der Waals surface area (Å²) in [4.78, 5) is 0. The molecule has 0 radical (unpaired) electrons. The first-order chi connectivity index (χ1) is 5.24. The highest BCUT2D eigenvalue weighted by atomic mass is 31.1. The van der Waals surface area contributed by atoms with Gasteiger partial charge in [-0.05, 0) is 30.8 Å². The van der Waals surface area contributed by atoms with Gasteiger partial charge in [0.15, 0.2) is 0 Å². The minimum Gasteiger partial charge on any atom is -0.497 e. The van der Waals surface area contributed by atoms with Crippen LogP contribution in [0, 0.1) is 0 Å². The summed E-state index contributed by atoms with van der Waals surface area (Å²) in [6, 6.07) is 8.28. The average Bonchev–Trinajstić information content (AvgIpc) is 2.05. The molecule has 60 valence electrons. The lowest BCUT2D eigenvalue weighted by Crippen LogP contribution is -1.97. The van der Waals surface area contributed by atoms with Gasteiger partial charge in [0.05, 0.1) is 7.11 Å². The normalized spacial score (nSPS) is 10.2. The van der Waals surface area contributed by atoms with Crippen molar-refractivity contribution >= 4 is 13.2 Å². The number of methoxy groups -OCH3 is 1. The third kappa shape index (κ3) is 2.20. The minimum atomic E-state index is 0.0315. The molecule has 11 heavy (non-hydrogen) atoms. The van der Waals surface area contributed by atoms with E-state index in [1.165, 1.54) is 5.30 Å². The highest BCUT2D eigenvalue weighted by Crippen LogP contribution is 2.24. The fourth-order valence-electron chi connectivity index (χ4n) is 0.880. The Morgan fingerprint density at radius 2 is 1.64 bits per heavy atom. The molecule has 1 aromatic rings. The fourth-order valence-corrected chi connectivity index (χ4v) is 1.63. The first kappa shape index (κ1) is 8.55. The number of hydrogen-bond acceptors (Lipinski definition) is 1. The predicted molar refractivity (Wildman–Crippen MR) is 51.4 cm³/mol. The van der Waals surface area contributed by atoms with Crippen LogP contribution in [-0.4, -0.2) is 20.4 Å². The molecule has 0 N–H and O–H groups in total. The van der Waals surface area contributed by atoms with Crippen molar-refractivity contribution in [1.82, 2.24) is 0 Å². The number of rotatable bonds is 2. The SMILES string of the molecule is COc1ccc(P(C)C)cc1. The molecule has 0 aliphatic rings. The quantitative estimate of drug-likeness (QED) is 0.614. The zero-order chi connectivity index (χ0) is 8.27. The van der Waals surface area contributed by atoms with Crippen LogP contribution in [-0.2, 0) is 0 Å². The van der Waals surface area contributed by atoms with Crippen molar-refractivity contribution in [2.24, 2.45) is 0 Å². The van der Waals surface area contributed by atoms with Crippen LogP contribution in [0.2, 0.25) is 0 Å². The topological polar surface area (TPSA) is 9.23 Å². The molecule has 0 fully saturated rings. The van der Waals surface area contributed by atoms with Gasteiger partial charge < -0.3 is 4.74 Å². The summed E-state index contributed by atoms with van der Waals surface area (Å²) in [6.45, 7) is 4.49. The van der Waals surface area contributed by atoms with Crippen LogP contribution < -0.4 is 10.0 Å². The lowest BCUT2D eigenvalue weighted by molar-refractivity contribution is 0.415. The third-order valence-electron chi connectivity index (χ3n) is 1.59. The summed E-state index contributed by atoms with van der Waals surface area (Å²) >= 11 is 0. The fraction of sp³-hybridized carbons (Fsp3) is 0.333. The first-order valence-corrected chi connectivity index (χ1v) is 5.79. The van der Waals surface area contributed by atoms with E-state index in [-0.39, 0.29) is 7.92 Å². The molecule has 0 saturated carbocycles. The molecule has 0 atom stereocenters. The number of ether oxygens (including phenoxy) is 1. The molecule has 0 aromatic heterocycles. The Bertz CT molecular complexity index is 216. The maximum atomic E-state index is 5.06. The van der Waals surface area contributed by atoms with Gasteiger partial charge in [-0.15, -0.1) is 0 Å². The number of hydrogen-bond donors (Lipinski definition) is 0. The molecule has 0 heterocycles. The van der Waals surface area contributed by atoms with Crippen molar-refractivity contribution in [1.29, 1.82) is 0 Å². The third-order valence-corrected chi connectivity index (χ3v) is 2.92. The van der Waals surface area contributed by atoms with Gasteiger partial charge in [0.25, 0.3) is 0 Å². The summed E-state index contributed by atoms with van der Waals surface area (Å²) in [6.07, 6.45) is 0. The van der Waals surface area contributed by atoms with Crippen molar-refractivity contribution < 1.29 is 4.74 Å². The molecule has 0 saturated heterocycles. The average molecular weight is 168 g/mol. The molecular weight excluding hydrogens is 155 g/mol. The molecule has 0 aliphatic heterocycles. The molecular formula is C9H13OP. The van der Waals surface area contributed by atoms with Crippen molar-refractivity contribution in [2.75, 3.05) is 20.4 Å². The molecule has 0 aliphatic carbocycles. The Morgan fingerprint density at radius 3 is 2.00 bits per heavy atom. The van der Waals surface area contributed by atoms with E-state index in [9.17, 15) is 0 Å². The van der Waals surface area contributed by atoms with Crippen LogP contribution in [0.5, 0.6) is 5.75 Å². The Kier molecular flexibility index (Phi) is 2.90. The molecule has 1 nitrogen and oxygen atoms in total. The summed E-state index contributed by atoms with van der Waals surface area (Å²) < 4.78 is 5.06. The molecule has 0 bridgehead atoms. The summed E-state index contributed by atoms with van der Waals surface area (Å²) in [5.41, 5.74) is 0. The number of benzene rings is 1. The second kappa shape index (κ2) is 3.73. The van der Waals surface area contributed by atoms with Crippen LogP contribution >= 0.6 is 7.92 Å². The lowest BCUT2D eigenvalue weighted by Gasteiger charge is -2.05. The molecule has 0 amide bonds. The Labute approximate surface area is 69.1 Å². The van der Waals surface area contributed by atoms with Crippen molar-refractivity contribution in [2.45, 2.75) is 0 Å². The summed E-state index contributed by atoms with van der Waals surface area (Å²) in [5, 5.41) is 1.42. The van der Waals surface area contributed by atoms with Gasteiger partial charge in [-0.2, -0.15) is 0 Å². The lowest BCUT2D eigenvalue weighted by atomic mass is 10.3. The summed E-state index contributed by atoms with van der Waals surface area (Å²) in [7, 11) is 1.72. The highest BCUT2D eigenvalue weighted by molar-refractivity contribution is 7.64. The van der Waals surface area contributed by atoms with E-state index in [2.05, 4.69) is 25.5 Å². The second-order valence-corrected chi connectivity index (χ2v) is 4.90. The van der Waals surface area contributed by atoms with Gasteiger partial charge in [0.1, 0.15) is 5.75 Å². The van der Waals surface area contributed by atoms with Gasteiger partial charge in [-0.1, -0.05) is 20.1 Å². The van der Waals surface area contributed by atoms with Crippen molar-refractivity contribution in [3.05, 3.63) is 24.3 Å². The monoisotopic (exact) mass is 168 g/mol. The molecule has 1 rings (SSSR count). The zero-order valence-corrected chi connectivity index (χ0v) is 8.06. The van der Waals surface area contributed by atoms with E-state index in [0.717, 1.165) is 5.75 Å².